The standard InChI is InChI=1S/C6H8NO5P/c1-7-4-2-3-5(6(7)8)12-13(9,10)11/h2-4H,1H3,(H2,9,10,11). The van der Waals surface area contributed by atoms with Gasteiger partial charge in [-0.05, 0) is 12.1 Å². The SMILES string of the molecule is Cn1cccc(OP(=O)(O)O)c1=O. The number of aryl methyl sites for hydroxylation is 1. The van der Waals surface area contributed by atoms with Crippen LogP contribution in [0.1, 0.15) is 0 Å². The summed E-state index contributed by atoms with van der Waals surface area (Å²) in [6.07, 6.45) is 1.45. The normalized spacial score (nSPS) is 11.3. The van der Waals surface area contributed by atoms with Crippen molar-refractivity contribution in [3.05, 3.63) is 28.7 Å². The van der Waals surface area contributed by atoms with Gasteiger partial charge in [0.25, 0.3) is 5.56 Å². The second kappa shape index (κ2) is 3.33. The number of pyridine rings is 1. The van der Waals surface area contributed by atoms with Crippen molar-refractivity contribution in [1.82, 2.24) is 4.57 Å². The van der Waals surface area contributed by atoms with Crippen LogP contribution in [0.15, 0.2) is 23.1 Å². The largest absolute Gasteiger partial charge is 0.524 e. The molecule has 0 saturated carbocycles. The van der Waals surface area contributed by atoms with Crippen LogP contribution in [0.2, 0.25) is 0 Å². The van der Waals surface area contributed by atoms with Gasteiger partial charge in [0.15, 0.2) is 5.75 Å². The van der Waals surface area contributed by atoms with E-state index in [1.165, 1.54) is 25.4 Å². The Hall–Kier alpha value is -1.10. The van der Waals surface area contributed by atoms with E-state index in [1.807, 2.05) is 0 Å². The van der Waals surface area contributed by atoms with Gasteiger partial charge >= 0.3 is 7.82 Å². The van der Waals surface area contributed by atoms with Gasteiger partial charge < -0.3 is 9.09 Å². The molecule has 0 radical (unpaired) electrons. The Morgan fingerprint density at radius 2 is 2.15 bits per heavy atom. The molecule has 0 aliphatic carbocycles. The molecular weight excluding hydrogens is 197 g/mol. The minimum Gasteiger partial charge on any atom is -0.398 e. The van der Waals surface area contributed by atoms with Crippen LogP contribution < -0.4 is 10.1 Å². The molecule has 0 aromatic carbocycles. The molecule has 0 spiro atoms. The average Bonchev–Trinajstić information content (AvgIpc) is 1.96. The Morgan fingerprint density at radius 3 is 2.69 bits per heavy atom. The third kappa shape index (κ3) is 2.69. The lowest BCUT2D eigenvalue weighted by molar-refractivity contribution is 0.281. The molecule has 1 aromatic rings. The number of nitrogens with zero attached hydrogens (tertiary/aromatic N) is 1. The minimum absolute atomic E-state index is 0.363. The molecule has 1 heterocycles. The van der Waals surface area contributed by atoms with Crippen molar-refractivity contribution in [3.8, 4) is 5.75 Å². The molecule has 0 unspecified atom stereocenters. The molecule has 0 saturated heterocycles. The summed E-state index contributed by atoms with van der Waals surface area (Å²) >= 11 is 0. The summed E-state index contributed by atoms with van der Waals surface area (Å²) in [6, 6.07) is 2.65. The van der Waals surface area contributed by atoms with E-state index in [0.29, 0.717) is 0 Å². The molecule has 0 aliphatic heterocycles. The van der Waals surface area contributed by atoms with Crippen molar-refractivity contribution < 1.29 is 18.9 Å². The lowest BCUT2D eigenvalue weighted by Gasteiger charge is -2.06. The van der Waals surface area contributed by atoms with Crippen LogP contribution in [0.25, 0.3) is 0 Å². The molecule has 6 nitrogen and oxygen atoms in total. The highest BCUT2D eigenvalue weighted by molar-refractivity contribution is 7.46. The van der Waals surface area contributed by atoms with Crippen LogP contribution in [0.5, 0.6) is 5.75 Å². The van der Waals surface area contributed by atoms with Crippen molar-refractivity contribution in [2.75, 3.05) is 0 Å². The number of rotatable bonds is 2. The fourth-order valence-electron chi connectivity index (χ4n) is 0.770. The van der Waals surface area contributed by atoms with Gasteiger partial charge in [0.1, 0.15) is 0 Å². The monoisotopic (exact) mass is 205 g/mol. The lowest BCUT2D eigenvalue weighted by atomic mass is 10.4. The van der Waals surface area contributed by atoms with E-state index in [-0.39, 0.29) is 5.75 Å². The molecule has 1 rings (SSSR count). The van der Waals surface area contributed by atoms with E-state index < -0.39 is 13.4 Å². The molecule has 0 atom stereocenters. The van der Waals surface area contributed by atoms with Crippen molar-refractivity contribution in [2.24, 2.45) is 7.05 Å². The molecule has 0 amide bonds. The predicted molar refractivity (Wildman–Crippen MR) is 44.4 cm³/mol. The third-order valence-corrected chi connectivity index (χ3v) is 1.74. The molecule has 2 N–H and O–H groups in total. The summed E-state index contributed by atoms with van der Waals surface area (Å²) in [6.45, 7) is 0. The predicted octanol–water partition coefficient (Wildman–Crippen LogP) is -0.143. The highest BCUT2D eigenvalue weighted by Gasteiger charge is 2.17. The molecular formula is C6H8NO5P. The number of hydrogen-bond acceptors (Lipinski definition) is 3. The zero-order chi connectivity index (χ0) is 10.1. The number of phosphoric acid groups is 1. The molecule has 13 heavy (non-hydrogen) atoms. The van der Waals surface area contributed by atoms with Gasteiger partial charge in [0.05, 0.1) is 0 Å². The molecule has 0 bridgehead atoms. The van der Waals surface area contributed by atoms with Crippen LogP contribution in [0.3, 0.4) is 0 Å². The van der Waals surface area contributed by atoms with Crippen LogP contribution in [-0.4, -0.2) is 14.4 Å². The summed E-state index contributed by atoms with van der Waals surface area (Å²) in [5.74, 6) is -0.363. The fourth-order valence-corrected chi connectivity index (χ4v) is 1.17. The summed E-state index contributed by atoms with van der Waals surface area (Å²) in [4.78, 5) is 28.0. The van der Waals surface area contributed by atoms with Gasteiger partial charge in [-0.3, -0.25) is 14.6 Å². The van der Waals surface area contributed by atoms with Crippen LogP contribution in [-0.2, 0) is 11.6 Å². The van der Waals surface area contributed by atoms with Crippen molar-refractivity contribution in [1.29, 1.82) is 0 Å². The lowest BCUT2D eigenvalue weighted by Crippen LogP contribution is -2.17. The quantitative estimate of drug-likeness (QED) is 0.656. The van der Waals surface area contributed by atoms with Gasteiger partial charge in [0, 0.05) is 13.2 Å². The van der Waals surface area contributed by atoms with E-state index in [0.717, 1.165) is 4.57 Å². The smallest absolute Gasteiger partial charge is 0.398 e. The zero-order valence-electron chi connectivity index (χ0n) is 6.75. The fraction of sp³-hybridized carbons (Fsp3) is 0.167. The Bertz CT molecular complexity index is 406. The van der Waals surface area contributed by atoms with Gasteiger partial charge in [-0.15, -0.1) is 0 Å². The van der Waals surface area contributed by atoms with Gasteiger partial charge in [0.2, 0.25) is 0 Å². The summed E-state index contributed by atoms with van der Waals surface area (Å²) in [5.41, 5.74) is -0.592. The highest BCUT2D eigenvalue weighted by Crippen LogP contribution is 2.35. The summed E-state index contributed by atoms with van der Waals surface area (Å²) in [5, 5.41) is 0. The second-order valence-corrected chi connectivity index (χ2v) is 3.53. The third-order valence-electron chi connectivity index (χ3n) is 1.31. The van der Waals surface area contributed by atoms with Crippen LogP contribution >= 0.6 is 7.82 Å². The molecule has 0 fully saturated rings. The average molecular weight is 205 g/mol. The first-order chi connectivity index (χ1) is 5.90. The Balaban J connectivity index is 3.11. The molecule has 1 aromatic heterocycles. The molecule has 7 heteroatoms. The highest BCUT2D eigenvalue weighted by atomic mass is 31.2. The minimum atomic E-state index is -4.65. The van der Waals surface area contributed by atoms with Crippen LogP contribution in [0.4, 0.5) is 0 Å². The van der Waals surface area contributed by atoms with Crippen molar-refractivity contribution in [2.45, 2.75) is 0 Å². The summed E-state index contributed by atoms with van der Waals surface area (Å²) < 4.78 is 15.7. The maximum Gasteiger partial charge on any atom is 0.524 e. The second-order valence-electron chi connectivity index (χ2n) is 2.37. The van der Waals surface area contributed by atoms with E-state index in [1.54, 1.807) is 0 Å². The Labute approximate surface area is 73.6 Å². The Kier molecular flexibility index (Phi) is 2.56. The maximum atomic E-state index is 11.1. The first kappa shape index (κ1) is 9.98. The van der Waals surface area contributed by atoms with Gasteiger partial charge in [-0.1, -0.05) is 0 Å². The zero-order valence-corrected chi connectivity index (χ0v) is 7.64. The first-order valence-corrected chi connectivity index (χ1v) is 4.84. The van der Waals surface area contributed by atoms with E-state index in [4.69, 9.17) is 9.79 Å². The number of aromatic nitrogens is 1. The van der Waals surface area contributed by atoms with Gasteiger partial charge in [-0.25, -0.2) is 4.57 Å². The van der Waals surface area contributed by atoms with E-state index in [2.05, 4.69) is 4.52 Å². The summed E-state index contributed by atoms with van der Waals surface area (Å²) in [7, 11) is -3.19. The van der Waals surface area contributed by atoms with Crippen LogP contribution in [0, 0.1) is 0 Å². The molecule has 72 valence electrons. The number of hydrogen-bond donors (Lipinski definition) is 2. The van der Waals surface area contributed by atoms with E-state index in [9.17, 15) is 9.36 Å². The maximum absolute atomic E-state index is 11.1. The van der Waals surface area contributed by atoms with Gasteiger partial charge in [-0.2, -0.15) is 0 Å². The topological polar surface area (TPSA) is 88.8 Å². The van der Waals surface area contributed by atoms with Crippen molar-refractivity contribution >= 4 is 7.82 Å². The van der Waals surface area contributed by atoms with E-state index >= 15 is 0 Å². The Morgan fingerprint density at radius 1 is 1.54 bits per heavy atom. The molecule has 0 aliphatic rings. The first-order valence-electron chi connectivity index (χ1n) is 3.31. The number of phosphoric ester groups is 1. The van der Waals surface area contributed by atoms with Crippen molar-refractivity contribution in [3.63, 3.8) is 0 Å².